The highest BCUT2D eigenvalue weighted by Gasteiger charge is 2.47. The summed E-state index contributed by atoms with van der Waals surface area (Å²) in [6, 6.07) is 10.9. The number of nitrogens with zero attached hydrogens (tertiary/aromatic N) is 3. The molecule has 1 amide bonds. The maximum atomic E-state index is 13.0. The van der Waals surface area contributed by atoms with Crippen LogP contribution in [-0.4, -0.2) is 33.1 Å². The van der Waals surface area contributed by atoms with Crippen LogP contribution in [0.1, 0.15) is 17.2 Å². The van der Waals surface area contributed by atoms with Gasteiger partial charge >= 0.3 is 6.36 Å². The summed E-state index contributed by atoms with van der Waals surface area (Å²) in [5.74, 6) is -3.19. The van der Waals surface area contributed by atoms with Gasteiger partial charge in [0, 0.05) is 35.8 Å². The standard InChI is InChI=1S/C23H14F3N3O6/c24-23(25,26)35-17-9-7-15(8-10-17)28-19(14-2-1-11-27-12-14)18(21(31)22(28)32)20(30)13-3-5-16(6-4-13)29(33)34/h1-12,19,30H/b20-18-. The van der Waals surface area contributed by atoms with E-state index in [9.17, 15) is 38.0 Å². The van der Waals surface area contributed by atoms with Crippen molar-refractivity contribution >= 4 is 28.8 Å². The summed E-state index contributed by atoms with van der Waals surface area (Å²) in [7, 11) is 0. The van der Waals surface area contributed by atoms with Crippen molar-refractivity contribution in [2.45, 2.75) is 12.4 Å². The predicted molar refractivity (Wildman–Crippen MR) is 115 cm³/mol. The normalized spacial score (nSPS) is 17.5. The Labute approximate surface area is 194 Å². The maximum Gasteiger partial charge on any atom is 0.573 e. The Balaban J connectivity index is 1.82. The SMILES string of the molecule is O=C1C(=O)N(c2ccc(OC(F)(F)F)cc2)C(c2cccnc2)/C1=C(/O)c1ccc([N+](=O)[O-])cc1. The highest BCUT2D eigenvalue weighted by molar-refractivity contribution is 6.51. The number of non-ortho nitro benzene ring substituents is 1. The van der Waals surface area contributed by atoms with Gasteiger partial charge in [-0.25, -0.2) is 0 Å². The molecule has 1 aliphatic rings. The van der Waals surface area contributed by atoms with Gasteiger partial charge in [0.2, 0.25) is 0 Å². The van der Waals surface area contributed by atoms with E-state index in [0.717, 1.165) is 29.2 Å². The number of amides is 1. The van der Waals surface area contributed by atoms with Gasteiger partial charge in [-0.1, -0.05) is 6.07 Å². The summed E-state index contributed by atoms with van der Waals surface area (Å²) in [5, 5.41) is 21.9. The number of Topliss-reactive ketones (excluding diaryl/α,β-unsaturated/α-hetero) is 1. The number of pyridine rings is 1. The summed E-state index contributed by atoms with van der Waals surface area (Å²) in [5.41, 5.74) is -0.0973. The van der Waals surface area contributed by atoms with Gasteiger partial charge < -0.3 is 9.84 Å². The number of ether oxygens (including phenoxy) is 1. The smallest absolute Gasteiger partial charge is 0.507 e. The minimum atomic E-state index is -4.91. The molecule has 1 aliphatic heterocycles. The van der Waals surface area contributed by atoms with Gasteiger partial charge in [0.05, 0.1) is 16.5 Å². The summed E-state index contributed by atoms with van der Waals surface area (Å²) in [4.78, 5) is 41.3. The first-order valence-electron chi connectivity index (χ1n) is 9.88. The summed E-state index contributed by atoms with van der Waals surface area (Å²) < 4.78 is 41.3. The molecule has 0 radical (unpaired) electrons. The lowest BCUT2D eigenvalue weighted by Crippen LogP contribution is -2.29. The number of hydrogen-bond donors (Lipinski definition) is 1. The first-order chi connectivity index (χ1) is 16.6. The van der Waals surface area contributed by atoms with Crippen molar-refractivity contribution < 1.29 is 37.5 Å². The second kappa shape index (κ2) is 8.89. The number of rotatable bonds is 5. The molecular formula is C23H14F3N3O6. The third kappa shape index (κ3) is 4.67. The van der Waals surface area contributed by atoms with Gasteiger partial charge in [-0.15, -0.1) is 13.2 Å². The topological polar surface area (TPSA) is 123 Å². The fourth-order valence-corrected chi connectivity index (χ4v) is 3.66. The highest BCUT2D eigenvalue weighted by atomic mass is 19.4. The van der Waals surface area contributed by atoms with Crippen molar-refractivity contribution in [2.24, 2.45) is 0 Å². The van der Waals surface area contributed by atoms with E-state index in [4.69, 9.17) is 0 Å². The van der Waals surface area contributed by atoms with E-state index in [2.05, 4.69) is 9.72 Å². The monoisotopic (exact) mass is 485 g/mol. The predicted octanol–water partition coefficient (Wildman–Crippen LogP) is 4.51. The van der Waals surface area contributed by atoms with Crippen LogP contribution in [0.3, 0.4) is 0 Å². The van der Waals surface area contributed by atoms with Crippen molar-refractivity contribution in [1.82, 2.24) is 4.98 Å². The molecule has 9 nitrogen and oxygen atoms in total. The molecule has 1 fully saturated rings. The molecule has 4 rings (SSSR count). The molecule has 0 bridgehead atoms. The van der Waals surface area contributed by atoms with Gasteiger partial charge in [0.15, 0.2) is 0 Å². The molecule has 35 heavy (non-hydrogen) atoms. The van der Waals surface area contributed by atoms with Crippen molar-refractivity contribution in [1.29, 1.82) is 0 Å². The van der Waals surface area contributed by atoms with Gasteiger partial charge in [0.25, 0.3) is 17.4 Å². The molecule has 2 heterocycles. The van der Waals surface area contributed by atoms with E-state index < -0.39 is 40.5 Å². The second-order valence-corrected chi connectivity index (χ2v) is 7.30. The zero-order chi connectivity index (χ0) is 25.3. The number of carbonyl (C=O) groups excluding carboxylic acids is 2. The molecule has 12 heteroatoms. The summed E-state index contributed by atoms with van der Waals surface area (Å²) in [6.45, 7) is 0. The third-order valence-corrected chi connectivity index (χ3v) is 5.14. The van der Waals surface area contributed by atoms with E-state index in [-0.39, 0.29) is 22.5 Å². The molecule has 0 aliphatic carbocycles. The minimum Gasteiger partial charge on any atom is -0.507 e. The van der Waals surface area contributed by atoms with Crippen LogP contribution in [0.4, 0.5) is 24.5 Å². The molecule has 1 saturated heterocycles. The number of nitro benzene ring substituents is 1. The number of hydrogen-bond acceptors (Lipinski definition) is 7. The molecule has 1 aromatic heterocycles. The van der Waals surface area contributed by atoms with Crippen molar-refractivity contribution in [3.05, 3.63) is 99.9 Å². The Morgan fingerprint density at radius 3 is 2.26 bits per heavy atom. The number of anilines is 1. The minimum absolute atomic E-state index is 0.0522. The Morgan fingerprint density at radius 2 is 1.71 bits per heavy atom. The summed E-state index contributed by atoms with van der Waals surface area (Å²) in [6.07, 6.45) is -2.09. The molecule has 1 atom stereocenters. The Bertz CT molecular complexity index is 1320. The van der Waals surface area contributed by atoms with Gasteiger partial charge in [-0.3, -0.25) is 29.6 Å². The van der Waals surface area contributed by atoms with Crippen LogP contribution in [0.15, 0.2) is 78.6 Å². The van der Waals surface area contributed by atoms with E-state index >= 15 is 0 Å². The van der Waals surface area contributed by atoms with Crippen LogP contribution in [-0.2, 0) is 9.59 Å². The fraction of sp³-hybridized carbons (Fsp3) is 0.0870. The Hall–Kier alpha value is -4.74. The quantitative estimate of drug-likeness (QED) is 0.185. The fourth-order valence-electron chi connectivity index (χ4n) is 3.66. The second-order valence-electron chi connectivity index (χ2n) is 7.30. The number of benzene rings is 2. The van der Waals surface area contributed by atoms with Crippen LogP contribution in [0.25, 0.3) is 5.76 Å². The number of aliphatic hydroxyl groups excluding tert-OH is 1. The van der Waals surface area contributed by atoms with Crippen LogP contribution in [0.2, 0.25) is 0 Å². The average Bonchev–Trinajstić information content (AvgIpc) is 3.09. The number of aliphatic hydroxyl groups is 1. The van der Waals surface area contributed by atoms with E-state index in [0.29, 0.717) is 5.56 Å². The van der Waals surface area contributed by atoms with Crippen molar-refractivity contribution in [3.8, 4) is 5.75 Å². The zero-order valence-electron chi connectivity index (χ0n) is 17.5. The van der Waals surface area contributed by atoms with Crippen LogP contribution >= 0.6 is 0 Å². The highest BCUT2D eigenvalue weighted by Crippen LogP contribution is 2.42. The van der Waals surface area contributed by atoms with Crippen molar-refractivity contribution in [2.75, 3.05) is 4.90 Å². The first-order valence-corrected chi connectivity index (χ1v) is 9.88. The molecule has 1 unspecified atom stereocenters. The number of aromatic nitrogens is 1. The van der Waals surface area contributed by atoms with Crippen molar-refractivity contribution in [3.63, 3.8) is 0 Å². The van der Waals surface area contributed by atoms with E-state index in [1.54, 1.807) is 12.1 Å². The Kier molecular flexibility index (Phi) is 5.95. The number of alkyl halides is 3. The molecule has 1 N–H and O–H groups in total. The van der Waals surface area contributed by atoms with Crippen LogP contribution in [0, 0.1) is 10.1 Å². The average molecular weight is 485 g/mol. The lowest BCUT2D eigenvalue weighted by molar-refractivity contribution is -0.384. The van der Waals surface area contributed by atoms with Gasteiger partial charge in [-0.05, 0) is 48.0 Å². The lowest BCUT2D eigenvalue weighted by Gasteiger charge is -2.25. The third-order valence-electron chi connectivity index (χ3n) is 5.14. The zero-order valence-corrected chi connectivity index (χ0v) is 17.5. The maximum absolute atomic E-state index is 13.0. The largest absolute Gasteiger partial charge is 0.573 e. The number of halogens is 3. The molecule has 0 spiro atoms. The van der Waals surface area contributed by atoms with E-state index in [1.807, 2.05) is 0 Å². The molecule has 178 valence electrons. The molecule has 0 saturated carbocycles. The first kappa shape index (κ1) is 23.4. The molecule has 2 aromatic carbocycles. The number of nitro groups is 1. The van der Waals surface area contributed by atoms with Gasteiger partial charge in [0.1, 0.15) is 11.5 Å². The lowest BCUT2D eigenvalue weighted by atomic mass is 9.96. The Morgan fingerprint density at radius 1 is 1.06 bits per heavy atom. The van der Waals surface area contributed by atoms with E-state index in [1.165, 1.54) is 36.7 Å². The molecule has 3 aromatic rings. The van der Waals surface area contributed by atoms with Gasteiger partial charge in [-0.2, -0.15) is 0 Å². The number of carbonyl (C=O) groups is 2. The number of ketones is 1. The van der Waals surface area contributed by atoms with Crippen LogP contribution in [0.5, 0.6) is 5.75 Å². The molecular weight excluding hydrogens is 471 g/mol. The van der Waals surface area contributed by atoms with Crippen LogP contribution < -0.4 is 9.64 Å². The summed E-state index contributed by atoms with van der Waals surface area (Å²) >= 11 is 0.